The minimum atomic E-state index is -0.560. The number of hydrogen-bond acceptors (Lipinski definition) is 2. The summed E-state index contributed by atoms with van der Waals surface area (Å²) in [5, 5.41) is 13.4. The molecule has 2 N–H and O–H groups in total. The molecule has 0 aromatic rings. The van der Waals surface area contributed by atoms with E-state index in [4.69, 9.17) is 0 Å². The van der Waals surface area contributed by atoms with Gasteiger partial charge in [-0.1, -0.05) is 26.3 Å². The largest absolute Gasteiger partial charge is 0.389 e. The number of allylic oxidation sites excluding steroid dienone is 1. The van der Waals surface area contributed by atoms with Crippen molar-refractivity contribution in [3.8, 4) is 0 Å². The van der Waals surface area contributed by atoms with Crippen molar-refractivity contribution in [3.05, 3.63) is 12.7 Å². The average molecular weight is 227 g/mol. The normalized spacial score (nSPS) is 15.1. The minimum absolute atomic E-state index is 0.546. The van der Waals surface area contributed by atoms with Crippen LogP contribution in [0.1, 0.15) is 52.9 Å². The van der Waals surface area contributed by atoms with Crippen molar-refractivity contribution in [3.63, 3.8) is 0 Å². The molecule has 0 aromatic carbocycles. The van der Waals surface area contributed by atoms with E-state index in [1.165, 1.54) is 19.3 Å². The molecule has 0 radical (unpaired) electrons. The van der Waals surface area contributed by atoms with Crippen molar-refractivity contribution in [2.45, 2.75) is 58.5 Å². The Hall–Kier alpha value is -0.340. The molecular weight excluding hydrogens is 198 g/mol. The number of hydrogen-bond donors (Lipinski definition) is 2. The summed E-state index contributed by atoms with van der Waals surface area (Å²) >= 11 is 0. The molecule has 0 aliphatic carbocycles. The highest BCUT2D eigenvalue weighted by molar-refractivity contribution is 4.76. The quantitative estimate of drug-likeness (QED) is 0.444. The Labute approximate surface area is 101 Å². The lowest BCUT2D eigenvalue weighted by Crippen LogP contribution is -2.39. The van der Waals surface area contributed by atoms with Crippen LogP contribution in [-0.2, 0) is 0 Å². The Morgan fingerprint density at radius 3 is 2.56 bits per heavy atom. The second-order valence-electron chi connectivity index (χ2n) is 5.41. The fourth-order valence-electron chi connectivity index (χ4n) is 2.02. The van der Waals surface area contributed by atoms with E-state index in [2.05, 4.69) is 25.7 Å². The third kappa shape index (κ3) is 10.2. The highest BCUT2D eigenvalue weighted by atomic mass is 16.3. The van der Waals surface area contributed by atoms with Gasteiger partial charge in [0.1, 0.15) is 0 Å². The van der Waals surface area contributed by atoms with Crippen LogP contribution in [0.4, 0.5) is 0 Å². The van der Waals surface area contributed by atoms with Crippen LogP contribution in [0.2, 0.25) is 0 Å². The zero-order valence-corrected chi connectivity index (χ0v) is 11.3. The van der Waals surface area contributed by atoms with Crippen LogP contribution in [0.5, 0.6) is 0 Å². The molecule has 0 fully saturated rings. The fourth-order valence-corrected chi connectivity index (χ4v) is 2.02. The van der Waals surface area contributed by atoms with Gasteiger partial charge in [0.15, 0.2) is 0 Å². The van der Waals surface area contributed by atoms with Gasteiger partial charge >= 0.3 is 0 Å². The standard InChI is InChI=1S/C14H29NO/c1-5-6-7-8-9-10-15-12-14(4,16)11-13(2)3/h5,13,15-16H,1,6-12H2,2-4H3. The smallest absolute Gasteiger partial charge is 0.0746 e. The number of nitrogens with one attached hydrogen (secondary N) is 1. The minimum Gasteiger partial charge on any atom is -0.389 e. The van der Waals surface area contributed by atoms with Crippen molar-refractivity contribution in [2.75, 3.05) is 13.1 Å². The van der Waals surface area contributed by atoms with Gasteiger partial charge in [-0.2, -0.15) is 0 Å². The maximum Gasteiger partial charge on any atom is 0.0746 e. The van der Waals surface area contributed by atoms with Gasteiger partial charge < -0.3 is 10.4 Å². The molecule has 16 heavy (non-hydrogen) atoms. The molecule has 0 aromatic heterocycles. The van der Waals surface area contributed by atoms with Gasteiger partial charge in [0.05, 0.1) is 5.60 Å². The van der Waals surface area contributed by atoms with Gasteiger partial charge in [-0.25, -0.2) is 0 Å². The predicted octanol–water partition coefficient (Wildman–Crippen LogP) is 3.12. The molecular formula is C14H29NO. The van der Waals surface area contributed by atoms with Gasteiger partial charge in [-0.3, -0.25) is 0 Å². The Morgan fingerprint density at radius 1 is 1.31 bits per heavy atom. The van der Waals surface area contributed by atoms with Crippen molar-refractivity contribution in [1.29, 1.82) is 0 Å². The van der Waals surface area contributed by atoms with E-state index in [0.717, 1.165) is 19.4 Å². The molecule has 0 aliphatic heterocycles. The van der Waals surface area contributed by atoms with Crippen molar-refractivity contribution in [2.24, 2.45) is 5.92 Å². The SMILES string of the molecule is C=CCCCCCNCC(C)(O)CC(C)C. The average Bonchev–Trinajstić information content (AvgIpc) is 2.14. The zero-order chi connectivity index (χ0) is 12.4. The summed E-state index contributed by atoms with van der Waals surface area (Å²) in [6.45, 7) is 11.6. The Balaban J connectivity index is 3.39. The van der Waals surface area contributed by atoms with Gasteiger partial charge in [0.2, 0.25) is 0 Å². The van der Waals surface area contributed by atoms with E-state index in [1.54, 1.807) is 0 Å². The molecule has 0 aliphatic rings. The first kappa shape index (κ1) is 15.7. The third-order valence-electron chi connectivity index (χ3n) is 2.62. The van der Waals surface area contributed by atoms with Gasteiger partial charge in [-0.05, 0) is 45.1 Å². The molecule has 96 valence electrons. The first-order chi connectivity index (χ1) is 7.48. The van der Waals surface area contributed by atoms with E-state index < -0.39 is 5.60 Å². The number of aliphatic hydroxyl groups is 1. The molecule has 1 atom stereocenters. The van der Waals surface area contributed by atoms with Crippen LogP contribution in [0, 0.1) is 5.92 Å². The maximum atomic E-state index is 10.0. The molecule has 0 spiro atoms. The summed E-state index contributed by atoms with van der Waals surface area (Å²) in [5.41, 5.74) is -0.560. The van der Waals surface area contributed by atoms with Crippen LogP contribution >= 0.6 is 0 Å². The Morgan fingerprint density at radius 2 is 2.00 bits per heavy atom. The zero-order valence-electron chi connectivity index (χ0n) is 11.3. The molecule has 0 bridgehead atoms. The van der Waals surface area contributed by atoms with E-state index in [-0.39, 0.29) is 0 Å². The van der Waals surface area contributed by atoms with E-state index in [0.29, 0.717) is 12.5 Å². The van der Waals surface area contributed by atoms with Crippen LogP contribution in [0.25, 0.3) is 0 Å². The molecule has 0 rings (SSSR count). The Kier molecular flexibility index (Phi) is 8.58. The topological polar surface area (TPSA) is 32.3 Å². The van der Waals surface area contributed by atoms with Crippen LogP contribution < -0.4 is 5.32 Å². The monoisotopic (exact) mass is 227 g/mol. The fraction of sp³-hybridized carbons (Fsp3) is 0.857. The first-order valence-corrected chi connectivity index (χ1v) is 6.52. The molecule has 0 saturated carbocycles. The number of rotatable bonds is 10. The van der Waals surface area contributed by atoms with Gasteiger partial charge in [-0.15, -0.1) is 6.58 Å². The molecule has 0 saturated heterocycles. The highest BCUT2D eigenvalue weighted by Gasteiger charge is 2.20. The van der Waals surface area contributed by atoms with E-state index in [1.807, 2.05) is 13.0 Å². The van der Waals surface area contributed by atoms with Crippen LogP contribution in [0.3, 0.4) is 0 Å². The Bertz CT molecular complexity index is 176. The molecule has 0 amide bonds. The highest BCUT2D eigenvalue weighted by Crippen LogP contribution is 2.14. The van der Waals surface area contributed by atoms with Crippen LogP contribution in [0.15, 0.2) is 12.7 Å². The second kappa shape index (κ2) is 8.77. The summed E-state index contributed by atoms with van der Waals surface area (Å²) in [6.07, 6.45) is 7.60. The lowest BCUT2D eigenvalue weighted by Gasteiger charge is -2.25. The van der Waals surface area contributed by atoms with Crippen molar-refractivity contribution < 1.29 is 5.11 Å². The maximum absolute atomic E-state index is 10.0. The van der Waals surface area contributed by atoms with Gasteiger partial charge in [0, 0.05) is 6.54 Å². The summed E-state index contributed by atoms with van der Waals surface area (Å²) in [7, 11) is 0. The van der Waals surface area contributed by atoms with E-state index in [9.17, 15) is 5.11 Å². The second-order valence-corrected chi connectivity index (χ2v) is 5.41. The molecule has 2 heteroatoms. The lowest BCUT2D eigenvalue weighted by molar-refractivity contribution is 0.0387. The van der Waals surface area contributed by atoms with Gasteiger partial charge in [0.25, 0.3) is 0 Å². The lowest BCUT2D eigenvalue weighted by atomic mass is 9.94. The summed E-state index contributed by atoms with van der Waals surface area (Å²) in [4.78, 5) is 0. The first-order valence-electron chi connectivity index (χ1n) is 6.52. The van der Waals surface area contributed by atoms with Crippen LogP contribution in [-0.4, -0.2) is 23.8 Å². The summed E-state index contributed by atoms with van der Waals surface area (Å²) < 4.78 is 0. The summed E-state index contributed by atoms with van der Waals surface area (Å²) in [5.74, 6) is 0.546. The molecule has 0 heterocycles. The van der Waals surface area contributed by atoms with Crippen molar-refractivity contribution in [1.82, 2.24) is 5.32 Å². The summed E-state index contributed by atoms with van der Waals surface area (Å²) in [6, 6.07) is 0. The number of unbranched alkanes of at least 4 members (excludes halogenated alkanes) is 3. The molecule has 2 nitrogen and oxygen atoms in total. The predicted molar refractivity (Wildman–Crippen MR) is 71.6 cm³/mol. The molecule has 1 unspecified atom stereocenters. The third-order valence-corrected chi connectivity index (χ3v) is 2.62. The van der Waals surface area contributed by atoms with E-state index >= 15 is 0 Å². The van der Waals surface area contributed by atoms with Crippen molar-refractivity contribution >= 4 is 0 Å².